The number of carbonyl (C=O) groups is 1. The number of rotatable bonds is 7. The third-order valence-electron chi connectivity index (χ3n) is 3.68. The summed E-state index contributed by atoms with van der Waals surface area (Å²) in [6.45, 7) is 0.242. The Morgan fingerprint density at radius 1 is 1.31 bits per heavy atom. The lowest BCUT2D eigenvalue weighted by Gasteiger charge is -2.22. The Morgan fingerprint density at radius 2 is 2.04 bits per heavy atom. The molecule has 1 amide bonds. The number of amides is 1. The molecule has 5 nitrogen and oxygen atoms in total. The number of hydrogen-bond acceptors (Lipinski definition) is 4. The van der Waals surface area contributed by atoms with Gasteiger partial charge in [-0.05, 0) is 44.4 Å². The van der Waals surface area contributed by atoms with Gasteiger partial charge >= 0.3 is 6.18 Å². The van der Waals surface area contributed by atoms with Crippen molar-refractivity contribution in [3.63, 3.8) is 0 Å². The summed E-state index contributed by atoms with van der Waals surface area (Å²) in [4.78, 5) is 13.9. The molecule has 142 valence electrons. The van der Waals surface area contributed by atoms with Crippen molar-refractivity contribution < 1.29 is 22.4 Å². The Labute approximate surface area is 154 Å². The minimum Gasteiger partial charge on any atom is -0.468 e. The molecule has 0 saturated heterocycles. The molecule has 2 aromatic rings. The van der Waals surface area contributed by atoms with E-state index in [0.29, 0.717) is 6.54 Å². The van der Waals surface area contributed by atoms with Gasteiger partial charge in [-0.3, -0.25) is 9.69 Å². The molecule has 0 fully saturated rings. The van der Waals surface area contributed by atoms with Gasteiger partial charge in [-0.1, -0.05) is 11.6 Å². The molecule has 0 aliphatic carbocycles. The van der Waals surface area contributed by atoms with Crippen molar-refractivity contribution in [2.45, 2.75) is 12.2 Å². The van der Waals surface area contributed by atoms with Gasteiger partial charge in [0.05, 0.1) is 30.1 Å². The summed E-state index contributed by atoms with van der Waals surface area (Å²) in [5, 5.41) is 5.13. The summed E-state index contributed by atoms with van der Waals surface area (Å²) in [5.41, 5.74) is -1.32. The Bertz CT molecular complexity index is 733. The lowest BCUT2D eigenvalue weighted by molar-refractivity contribution is -0.137. The quantitative estimate of drug-likeness (QED) is 0.756. The highest BCUT2D eigenvalue weighted by molar-refractivity contribution is 6.30. The number of anilines is 1. The second-order valence-electron chi connectivity index (χ2n) is 5.86. The van der Waals surface area contributed by atoms with Gasteiger partial charge in [0.15, 0.2) is 0 Å². The first-order valence-corrected chi connectivity index (χ1v) is 8.13. The lowest BCUT2D eigenvalue weighted by atomic mass is 10.1. The van der Waals surface area contributed by atoms with E-state index in [1.165, 1.54) is 6.07 Å². The predicted octanol–water partition coefficient (Wildman–Crippen LogP) is 3.78. The highest BCUT2D eigenvalue weighted by atomic mass is 35.5. The molecule has 1 aromatic carbocycles. The van der Waals surface area contributed by atoms with Gasteiger partial charge < -0.3 is 15.1 Å². The average Bonchev–Trinajstić information content (AvgIpc) is 3.06. The van der Waals surface area contributed by atoms with Gasteiger partial charge in [0, 0.05) is 11.6 Å². The molecule has 0 radical (unpaired) electrons. The van der Waals surface area contributed by atoms with E-state index in [1.807, 2.05) is 25.1 Å². The molecule has 1 atom stereocenters. The zero-order valence-electron chi connectivity index (χ0n) is 14.2. The van der Waals surface area contributed by atoms with Crippen LogP contribution in [-0.4, -0.2) is 38.0 Å². The molecule has 26 heavy (non-hydrogen) atoms. The number of hydrogen-bond donors (Lipinski definition) is 2. The monoisotopic (exact) mass is 389 g/mol. The molecule has 2 rings (SSSR count). The molecule has 1 heterocycles. The summed E-state index contributed by atoms with van der Waals surface area (Å²) in [6, 6.07) is 6.67. The summed E-state index contributed by atoms with van der Waals surface area (Å²) in [6.07, 6.45) is -3.06. The number of nitrogens with one attached hydrogen (secondary N) is 2. The van der Waals surface area contributed by atoms with Crippen LogP contribution in [0.5, 0.6) is 0 Å². The number of likely N-dealkylation sites (N-methyl/N-ethyl adjacent to an activating group) is 1. The van der Waals surface area contributed by atoms with Gasteiger partial charge in [0.25, 0.3) is 0 Å². The van der Waals surface area contributed by atoms with Crippen LogP contribution in [0.15, 0.2) is 41.0 Å². The van der Waals surface area contributed by atoms with E-state index in [0.717, 1.165) is 17.9 Å². The fraction of sp³-hybridized carbons (Fsp3) is 0.353. The largest absolute Gasteiger partial charge is 0.468 e. The number of alkyl halides is 3. The van der Waals surface area contributed by atoms with E-state index in [1.54, 1.807) is 12.3 Å². The van der Waals surface area contributed by atoms with Gasteiger partial charge in [-0.2, -0.15) is 13.2 Å². The molecule has 0 aliphatic heterocycles. The number of furan rings is 1. The molecular formula is C17H19ClF3N3O2. The predicted molar refractivity (Wildman–Crippen MR) is 93.1 cm³/mol. The molecule has 0 saturated carbocycles. The zero-order valence-corrected chi connectivity index (χ0v) is 15.0. The van der Waals surface area contributed by atoms with Crippen LogP contribution in [0.4, 0.5) is 18.9 Å². The molecule has 2 N–H and O–H groups in total. The zero-order chi connectivity index (χ0) is 19.3. The Morgan fingerprint density at radius 3 is 2.62 bits per heavy atom. The normalized spacial score (nSPS) is 13.0. The van der Waals surface area contributed by atoms with E-state index in [4.69, 9.17) is 16.0 Å². The Balaban J connectivity index is 1.95. The molecule has 0 aliphatic rings. The number of benzene rings is 1. The van der Waals surface area contributed by atoms with E-state index in [-0.39, 0.29) is 23.3 Å². The fourth-order valence-electron chi connectivity index (χ4n) is 2.40. The summed E-state index contributed by atoms with van der Waals surface area (Å²) in [7, 11) is 3.72. The molecular weight excluding hydrogens is 371 g/mol. The van der Waals surface area contributed by atoms with Crippen LogP contribution >= 0.6 is 11.6 Å². The van der Waals surface area contributed by atoms with Crippen LogP contribution in [0.1, 0.15) is 17.4 Å². The first-order valence-electron chi connectivity index (χ1n) is 7.75. The third kappa shape index (κ3) is 5.48. The molecule has 0 spiro atoms. The maximum Gasteiger partial charge on any atom is 0.418 e. The van der Waals surface area contributed by atoms with Crippen molar-refractivity contribution in [2.24, 2.45) is 0 Å². The van der Waals surface area contributed by atoms with E-state index >= 15 is 0 Å². The van der Waals surface area contributed by atoms with Gasteiger partial charge in [-0.25, -0.2) is 0 Å². The minimum absolute atomic E-state index is 0.0549. The topological polar surface area (TPSA) is 57.5 Å². The van der Waals surface area contributed by atoms with Crippen molar-refractivity contribution in [3.8, 4) is 0 Å². The second kappa shape index (κ2) is 8.57. The van der Waals surface area contributed by atoms with Crippen molar-refractivity contribution in [1.29, 1.82) is 0 Å². The Hall–Kier alpha value is -2.03. The highest BCUT2D eigenvalue weighted by Gasteiger charge is 2.34. The molecule has 0 bridgehead atoms. The van der Waals surface area contributed by atoms with Crippen molar-refractivity contribution in [2.75, 3.05) is 32.5 Å². The standard InChI is InChI=1S/C17H19ClF3N3O2/c1-24(2)14(15-4-3-7-26-15)9-22-10-16(25)23-13-6-5-11(18)8-12(13)17(19,20)21/h3-8,14,22H,9-10H2,1-2H3,(H,23,25)/t14-/m1/s1. The first kappa shape index (κ1) is 20.3. The van der Waals surface area contributed by atoms with Gasteiger partial charge in [0.2, 0.25) is 5.91 Å². The van der Waals surface area contributed by atoms with Crippen LogP contribution < -0.4 is 10.6 Å². The average molecular weight is 390 g/mol. The van der Waals surface area contributed by atoms with E-state index in [2.05, 4.69) is 10.6 Å². The lowest BCUT2D eigenvalue weighted by Crippen LogP contribution is -2.35. The number of halogens is 4. The summed E-state index contributed by atoms with van der Waals surface area (Å²) < 4.78 is 44.5. The van der Waals surface area contributed by atoms with Crippen molar-refractivity contribution in [1.82, 2.24) is 10.2 Å². The van der Waals surface area contributed by atoms with Gasteiger partial charge in [0.1, 0.15) is 5.76 Å². The molecule has 0 unspecified atom stereocenters. The van der Waals surface area contributed by atoms with E-state index in [9.17, 15) is 18.0 Å². The second-order valence-corrected chi connectivity index (χ2v) is 6.30. The maximum absolute atomic E-state index is 13.0. The van der Waals surface area contributed by atoms with Crippen LogP contribution in [0.2, 0.25) is 5.02 Å². The summed E-state index contributed by atoms with van der Waals surface area (Å²) >= 11 is 5.62. The van der Waals surface area contributed by atoms with Gasteiger partial charge in [-0.15, -0.1) is 0 Å². The van der Waals surface area contributed by atoms with Crippen molar-refractivity contribution in [3.05, 3.63) is 52.9 Å². The summed E-state index contributed by atoms with van der Waals surface area (Å²) in [5.74, 6) is 0.134. The third-order valence-corrected chi connectivity index (χ3v) is 3.91. The fourth-order valence-corrected chi connectivity index (χ4v) is 2.57. The first-order chi connectivity index (χ1) is 12.2. The van der Waals surface area contributed by atoms with Crippen LogP contribution in [0.25, 0.3) is 0 Å². The SMILES string of the molecule is CN(C)[C@H](CNCC(=O)Nc1ccc(Cl)cc1C(F)(F)F)c1ccco1. The minimum atomic E-state index is -4.61. The Kier molecular flexibility index (Phi) is 6.69. The number of nitrogens with zero attached hydrogens (tertiary/aromatic N) is 1. The van der Waals surface area contributed by atoms with Crippen molar-refractivity contribution >= 4 is 23.2 Å². The van der Waals surface area contributed by atoms with Crippen LogP contribution in [0.3, 0.4) is 0 Å². The van der Waals surface area contributed by atoms with E-state index < -0.39 is 17.6 Å². The molecule has 9 heteroatoms. The molecule has 1 aromatic heterocycles. The van der Waals surface area contributed by atoms with Crippen LogP contribution in [-0.2, 0) is 11.0 Å². The van der Waals surface area contributed by atoms with Crippen LogP contribution in [0, 0.1) is 0 Å². The highest BCUT2D eigenvalue weighted by Crippen LogP contribution is 2.36. The maximum atomic E-state index is 13.0. The smallest absolute Gasteiger partial charge is 0.418 e. The number of carbonyl (C=O) groups excluding carboxylic acids is 1.